The van der Waals surface area contributed by atoms with E-state index in [-0.39, 0.29) is 11.3 Å². The van der Waals surface area contributed by atoms with Crippen molar-refractivity contribution in [1.29, 1.82) is 0 Å². The SMILES string of the molecule is O=C(O)Cn1c(-c2ccc(Br)cc2F)csc1=O. The summed E-state index contributed by atoms with van der Waals surface area (Å²) in [5.41, 5.74) is 0.482. The molecule has 1 heterocycles. The molecule has 7 heteroatoms. The van der Waals surface area contributed by atoms with Crippen LogP contribution in [0.25, 0.3) is 11.3 Å². The molecule has 0 bridgehead atoms. The highest BCUT2D eigenvalue weighted by Crippen LogP contribution is 2.25. The Hall–Kier alpha value is -1.47. The first-order valence-electron chi connectivity index (χ1n) is 4.84. The van der Waals surface area contributed by atoms with Crippen LogP contribution in [-0.2, 0) is 11.3 Å². The number of benzene rings is 1. The van der Waals surface area contributed by atoms with Crippen molar-refractivity contribution < 1.29 is 14.3 Å². The largest absolute Gasteiger partial charge is 0.480 e. The second-order valence-corrected chi connectivity index (χ2v) is 5.23. The minimum atomic E-state index is -1.14. The normalized spacial score (nSPS) is 10.6. The fourth-order valence-electron chi connectivity index (χ4n) is 1.52. The third-order valence-electron chi connectivity index (χ3n) is 2.28. The van der Waals surface area contributed by atoms with E-state index in [4.69, 9.17) is 5.11 Å². The van der Waals surface area contributed by atoms with Crippen molar-refractivity contribution in [1.82, 2.24) is 4.57 Å². The first kappa shape index (κ1) is 13.0. The van der Waals surface area contributed by atoms with Gasteiger partial charge in [-0.05, 0) is 18.2 Å². The summed E-state index contributed by atoms with van der Waals surface area (Å²) in [5.74, 6) is -1.66. The highest BCUT2D eigenvalue weighted by molar-refractivity contribution is 9.10. The van der Waals surface area contributed by atoms with E-state index in [2.05, 4.69) is 15.9 Å². The number of thiazole rings is 1. The first-order valence-corrected chi connectivity index (χ1v) is 6.52. The zero-order valence-corrected chi connectivity index (χ0v) is 11.3. The van der Waals surface area contributed by atoms with Gasteiger partial charge in [0.05, 0.1) is 5.69 Å². The number of hydrogen-bond donors (Lipinski definition) is 1. The third-order valence-corrected chi connectivity index (χ3v) is 3.54. The molecule has 1 aromatic heterocycles. The van der Waals surface area contributed by atoms with Gasteiger partial charge in [0.2, 0.25) is 0 Å². The molecule has 0 aliphatic carbocycles. The van der Waals surface area contributed by atoms with Gasteiger partial charge < -0.3 is 5.11 Å². The number of nitrogens with zero attached hydrogens (tertiary/aromatic N) is 1. The predicted octanol–water partition coefficient (Wildman–Crippen LogP) is 2.56. The average molecular weight is 332 g/mol. The Balaban J connectivity index is 2.57. The molecular formula is C11H7BrFNO3S. The molecule has 0 amide bonds. The summed E-state index contributed by atoms with van der Waals surface area (Å²) in [7, 11) is 0. The fraction of sp³-hybridized carbons (Fsp3) is 0.0909. The van der Waals surface area contributed by atoms with E-state index in [1.54, 1.807) is 6.07 Å². The summed E-state index contributed by atoms with van der Waals surface area (Å²) in [4.78, 5) is 21.8. The van der Waals surface area contributed by atoms with Crippen molar-refractivity contribution in [2.45, 2.75) is 6.54 Å². The molecule has 0 fully saturated rings. The lowest BCUT2D eigenvalue weighted by molar-refractivity contribution is -0.137. The van der Waals surface area contributed by atoms with Crippen molar-refractivity contribution in [3.05, 3.63) is 43.5 Å². The van der Waals surface area contributed by atoms with Gasteiger partial charge in [-0.3, -0.25) is 14.2 Å². The molecule has 0 radical (unpaired) electrons. The maximum atomic E-state index is 13.8. The molecule has 0 saturated heterocycles. The first-order chi connectivity index (χ1) is 8.49. The van der Waals surface area contributed by atoms with E-state index in [1.807, 2.05) is 0 Å². The average Bonchev–Trinajstić information content (AvgIpc) is 2.60. The van der Waals surface area contributed by atoms with E-state index in [0.717, 1.165) is 15.9 Å². The van der Waals surface area contributed by atoms with Gasteiger partial charge in [0.15, 0.2) is 0 Å². The second kappa shape index (κ2) is 5.03. The Kier molecular flexibility index (Phi) is 3.63. The molecule has 1 N–H and O–H groups in total. The van der Waals surface area contributed by atoms with Gasteiger partial charge in [-0.2, -0.15) is 0 Å². The lowest BCUT2D eigenvalue weighted by atomic mass is 10.1. The summed E-state index contributed by atoms with van der Waals surface area (Å²) in [6.45, 7) is -0.479. The molecule has 0 saturated carbocycles. The van der Waals surface area contributed by atoms with Gasteiger partial charge in [-0.15, -0.1) is 0 Å². The van der Waals surface area contributed by atoms with Gasteiger partial charge in [-0.25, -0.2) is 4.39 Å². The molecule has 0 aliphatic rings. The van der Waals surface area contributed by atoms with Crippen LogP contribution in [0.5, 0.6) is 0 Å². The maximum Gasteiger partial charge on any atom is 0.323 e. The minimum absolute atomic E-state index is 0.206. The number of carbonyl (C=O) groups is 1. The highest BCUT2D eigenvalue weighted by atomic mass is 79.9. The highest BCUT2D eigenvalue weighted by Gasteiger charge is 2.15. The molecule has 0 unspecified atom stereocenters. The van der Waals surface area contributed by atoms with Crippen molar-refractivity contribution in [3.63, 3.8) is 0 Å². The Morgan fingerprint density at radius 2 is 2.22 bits per heavy atom. The van der Waals surface area contributed by atoms with Crippen LogP contribution in [0.1, 0.15) is 0 Å². The predicted molar refractivity (Wildman–Crippen MR) is 69.3 cm³/mol. The Labute approximate surface area is 113 Å². The Morgan fingerprint density at radius 3 is 2.83 bits per heavy atom. The zero-order chi connectivity index (χ0) is 13.3. The number of aromatic nitrogens is 1. The number of rotatable bonds is 3. The Bertz CT molecular complexity index is 665. The fourth-order valence-corrected chi connectivity index (χ4v) is 2.61. The van der Waals surface area contributed by atoms with Crippen molar-refractivity contribution in [3.8, 4) is 11.3 Å². The summed E-state index contributed by atoms with van der Waals surface area (Å²) in [5, 5.41) is 10.2. The van der Waals surface area contributed by atoms with Gasteiger partial charge in [0, 0.05) is 15.4 Å². The second-order valence-electron chi connectivity index (χ2n) is 3.49. The van der Waals surface area contributed by atoms with E-state index in [9.17, 15) is 14.0 Å². The zero-order valence-electron chi connectivity index (χ0n) is 8.89. The maximum absolute atomic E-state index is 13.8. The van der Waals surface area contributed by atoms with Crippen LogP contribution in [0.3, 0.4) is 0 Å². The molecular weight excluding hydrogens is 325 g/mol. The molecule has 0 atom stereocenters. The van der Waals surface area contributed by atoms with E-state index < -0.39 is 23.2 Å². The number of carboxylic acids is 1. The molecule has 2 aromatic rings. The number of hydrogen-bond acceptors (Lipinski definition) is 3. The quantitative estimate of drug-likeness (QED) is 0.940. The van der Waals surface area contributed by atoms with E-state index in [0.29, 0.717) is 4.47 Å². The van der Waals surface area contributed by atoms with Crippen LogP contribution in [0.2, 0.25) is 0 Å². The van der Waals surface area contributed by atoms with Crippen LogP contribution in [-0.4, -0.2) is 15.6 Å². The lowest BCUT2D eigenvalue weighted by Gasteiger charge is -2.06. The van der Waals surface area contributed by atoms with Crippen molar-refractivity contribution in [2.24, 2.45) is 0 Å². The van der Waals surface area contributed by atoms with Gasteiger partial charge in [0.1, 0.15) is 12.4 Å². The van der Waals surface area contributed by atoms with Crippen LogP contribution in [0, 0.1) is 5.82 Å². The smallest absolute Gasteiger partial charge is 0.323 e. The monoisotopic (exact) mass is 331 g/mol. The van der Waals surface area contributed by atoms with E-state index in [1.165, 1.54) is 17.5 Å². The molecule has 2 rings (SSSR count). The number of carboxylic acid groups (broad SMARTS) is 1. The summed E-state index contributed by atoms with van der Waals surface area (Å²) in [6.07, 6.45) is 0. The molecule has 94 valence electrons. The molecule has 0 aliphatic heterocycles. The minimum Gasteiger partial charge on any atom is -0.480 e. The summed E-state index contributed by atoms with van der Waals surface area (Å²) >= 11 is 3.98. The molecule has 1 aromatic carbocycles. The van der Waals surface area contributed by atoms with Gasteiger partial charge in [-0.1, -0.05) is 27.3 Å². The van der Waals surface area contributed by atoms with Crippen molar-refractivity contribution >= 4 is 33.2 Å². The number of halogens is 2. The van der Waals surface area contributed by atoms with Crippen LogP contribution < -0.4 is 4.87 Å². The molecule has 18 heavy (non-hydrogen) atoms. The van der Waals surface area contributed by atoms with E-state index >= 15 is 0 Å². The van der Waals surface area contributed by atoms with Gasteiger partial charge >= 0.3 is 10.8 Å². The molecule has 4 nitrogen and oxygen atoms in total. The van der Waals surface area contributed by atoms with Crippen LogP contribution >= 0.6 is 27.3 Å². The van der Waals surface area contributed by atoms with Crippen LogP contribution in [0.4, 0.5) is 4.39 Å². The third kappa shape index (κ3) is 2.51. The lowest BCUT2D eigenvalue weighted by Crippen LogP contribution is -2.19. The molecule has 0 spiro atoms. The standard InChI is InChI=1S/C11H7BrFNO3S/c12-6-1-2-7(8(13)3-6)9-5-18-11(17)14(9)4-10(15)16/h1-3,5H,4H2,(H,15,16). The summed E-state index contributed by atoms with van der Waals surface area (Å²) < 4.78 is 15.4. The Morgan fingerprint density at radius 1 is 1.50 bits per heavy atom. The van der Waals surface area contributed by atoms with Crippen LogP contribution in [0.15, 0.2) is 32.8 Å². The van der Waals surface area contributed by atoms with Crippen molar-refractivity contribution in [2.75, 3.05) is 0 Å². The van der Waals surface area contributed by atoms with Gasteiger partial charge in [0.25, 0.3) is 0 Å². The number of aliphatic carboxylic acids is 1. The summed E-state index contributed by atoms with van der Waals surface area (Å²) in [6, 6.07) is 4.40. The topological polar surface area (TPSA) is 59.3 Å².